The highest BCUT2D eigenvalue weighted by Gasteiger charge is 2.45. The van der Waals surface area contributed by atoms with Crippen molar-refractivity contribution in [1.29, 1.82) is 0 Å². The first kappa shape index (κ1) is 18.2. The Kier molecular flexibility index (Phi) is 6.00. The first-order valence-corrected chi connectivity index (χ1v) is 8.02. The van der Waals surface area contributed by atoms with Gasteiger partial charge in [-0.3, -0.25) is 4.79 Å². The molecule has 23 heavy (non-hydrogen) atoms. The summed E-state index contributed by atoms with van der Waals surface area (Å²) in [7, 11) is 0. The van der Waals surface area contributed by atoms with Gasteiger partial charge in [-0.15, -0.1) is 12.4 Å². The maximum absolute atomic E-state index is 14.5. The molecule has 1 aromatic rings. The van der Waals surface area contributed by atoms with E-state index in [0.29, 0.717) is 32.5 Å². The average Bonchev–Trinajstić information content (AvgIpc) is 3.02. The molecule has 2 heterocycles. The fourth-order valence-corrected chi connectivity index (χ4v) is 3.47. The Bertz CT molecular complexity index is 515. The van der Waals surface area contributed by atoms with Crippen LogP contribution < -0.4 is 5.32 Å². The van der Waals surface area contributed by atoms with Gasteiger partial charge in [-0.2, -0.15) is 0 Å². The van der Waals surface area contributed by atoms with Crippen LogP contribution in [0, 0.1) is 5.92 Å². The van der Waals surface area contributed by atoms with Crippen LogP contribution in [0.5, 0.6) is 0 Å². The molecule has 2 N–H and O–H groups in total. The number of halogens is 2. The third-order valence-electron chi connectivity index (χ3n) is 4.90. The fraction of sp³-hybridized carbons (Fsp3) is 0.588. The molecule has 1 aromatic carbocycles. The summed E-state index contributed by atoms with van der Waals surface area (Å²) < 4.78 is 14.5. The number of carbonyl (C=O) groups excluding carboxylic acids is 1. The largest absolute Gasteiger partial charge is 0.388 e. The molecule has 0 radical (unpaired) electrons. The van der Waals surface area contributed by atoms with E-state index >= 15 is 0 Å². The molecule has 0 aromatic heterocycles. The highest BCUT2D eigenvalue weighted by Crippen LogP contribution is 2.32. The minimum atomic E-state index is -1.73. The number of carbonyl (C=O) groups is 1. The van der Waals surface area contributed by atoms with Gasteiger partial charge in [0.15, 0.2) is 0 Å². The Morgan fingerprint density at radius 3 is 2.52 bits per heavy atom. The highest BCUT2D eigenvalue weighted by molar-refractivity contribution is 5.86. The number of piperidine rings is 1. The molecule has 2 unspecified atom stereocenters. The Morgan fingerprint density at radius 1 is 1.30 bits per heavy atom. The van der Waals surface area contributed by atoms with E-state index in [1.54, 1.807) is 4.90 Å². The lowest BCUT2D eigenvalue weighted by Crippen LogP contribution is -2.50. The van der Waals surface area contributed by atoms with Crippen LogP contribution >= 0.6 is 12.4 Å². The number of aliphatic hydroxyl groups is 1. The van der Waals surface area contributed by atoms with Crippen LogP contribution in [-0.4, -0.2) is 47.8 Å². The molecule has 4 nitrogen and oxygen atoms in total. The van der Waals surface area contributed by atoms with Crippen LogP contribution in [0.1, 0.15) is 30.9 Å². The minimum absolute atomic E-state index is 0. The lowest BCUT2D eigenvalue weighted by atomic mass is 9.87. The first-order valence-electron chi connectivity index (χ1n) is 8.02. The number of hydrogen-bond donors (Lipinski definition) is 2. The monoisotopic (exact) mass is 342 g/mol. The summed E-state index contributed by atoms with van der Waals surface area (Å²) >= 11 is 0. The van der Waals surface area contributed by atoms with Crippen molar-refractivity contribution in [1.82, 2.24) is 10.2 Å². The summed E-state index contributed by atoms with van der Waals surface area (Å²) in [5, 5.41) is 13.4. The van der Waals surface area contributed by atoms with Crippen LogP contribution in [0.2, 0.25) is 0 Å². The summed E-state index contributed by atoms with van der Waals surface area (Å²) in [5.74, 6) is -0.256. The molecule has 1 amide bonds. The molecular weight excluding hydrogens is 319 g/mol. The number of alkyl halides is 1. The predicted octanol–water partition coefficient (Wildman–Crippen LogP) is 2.08. The zero-order valence-electron chi connectivity index (χ0n) is 13.1. The van der Waals surface area contributed by atoms with Crippen molar-refractivity contribution in [3.05, 3.63) is 35.9 Å². The molecule has 2 saturated heterocycles. The first-order chi connectivity index (χ1) is 10.6. The van der Waals surface area contributed by atoms with Gasteiger partial charge < -0.3 is 15.3 Å². The van der Waals surface area contributed by atoms with Gasteiger partial charge in [-0.05, 0) is 30.9 Å². The standard InChI is InChI=1S/C17H23FN2O2.ClH/c18-17(8-9-19-12-17)16(22)20-10-6-14(7-11-20)15(21)13-4-2-1-3-5-13;/h1-5,14-15,19,21H,6-12H2;1H. The third kappa shape index (κ3) is 3.84. The van der Waals surface area contributed by atoms with Crippen LogP contribution in [-0.2, 0) is 4.79 Å². The van der Waals surface area contributed by atoms with Crippen LogP contribution in [0.4, 0.5) is 4.39 Å². The number of likely N-dealkylation sites (tertiary alicyclic amines) is 1. The summed E-state index contributed by atoms with van der Waals surface area (Å²) in [4.78, 5) is 13.9. The molecular formula is C17H24ClFN2O2. The summed E-state index contributed by atoms with van der Waals surface area (Å²) in [6.07, 6.45) is 1.18. The molecule has 128 valence electrons. The molecule has 3 rings (SSSR count). The van der Waals surface area contributed by atoms with Crippen molar-refractivity contribution in [2.75, 3.05) is 26.2 Å². The highest BCUT2D eigenvalue weighted by atomic mass is 35.5. The second-order valence-corrected chi connectivity index (χ2v) is 6.38. The predicted molar refractivity (Wildman–Crippen MR) is 89.3 cm³/mol. The Balaban J connectivity index is 0.00000192. The van der Waals surface area contributed by atoms with Gasteiger partial charge in [0.25, 0.3) is 5.91 Å². The number of rotatable bonds is 3. The minimum Gasteiger partial charge on any atom is -0.388 e. The molecule has 2 aliphatic heterocycles. The molecule has 0 bridgehead atoms. The van der Waals surface area contributed by atoms with E-state index < -0.39 is 11.8 Å². The van der Waals surface area contributed by atoms with E-state index in [2.05, 4.69) is 5.32 Å². The second-order valence-electron chi connectivity index (χ2n) is 6.38. The van der Waals surface area contributed by atoms with E-state index in [1.165, 1.54) is 0 Å². The summed E-state index contributed by atoms with van der Waals surface area (Å²) in [5.41, 5.74) is -0.820. The van der Waals surface area contributed by atoms with Crippen molar-refractivity contribution >= 4 is 18.3 Å². The van der Waals surface area contributed by atoms with E-state index in [4.69, 9.17) is 0 Å². The zero-order chi connectivity index (χ0) is 15.6. The molecule has 0 saturated carbocycles. The van der Waals surface area contributed by atoms with Crippen LogP contribution in [0.25, 0.3) is 0 Å². The fourth-order valence-electron chi connectivity index (χ4n) is 3.47. The molecule has 0 spiro atoms. The maximum Gasteiger partial charge on any atom is 0.261 e. The summed E-state index contributed by atoms with van der Waals surface area (Å²) in [6, 6.07) is 9.59. The maximum atomic E-state index is 14.5. The SMILES string of the molecule is Cl.O=C(N1CCC(C(O)c2ccccc2)CC1)C1(F)CCNC1. The van der Waals surface area contributed by atoms with Gasteiger partial charge in [-0.1, -0.05) is 30.3 Å². The van der Waals surface area contributed by atoms with Gasteiger partial charge in [-0.25, -0.2) is 4.39 Å². The van der Waals surface area contributed by atoms with Gasteiger partial charge in [0.1, 0.15) is 0 Å². The lowest BCUT2D eigenvalue weighted by molar-refractivity contribution is -0.144. The van der Waals surface area contributed by atoms with Crippen LogP contribution in [0.15, 0.2) is 30.3 Å². The number of nitrogens with one attached hydrogen (secondary N) is 1. The average molecular weight is 343 g/mol. The topological polar surface area (TPSA) is 52.6 Å². The van der Waals surface area contributed by atoms with Gasteiger partial charge in [0.2, 0.25) is 5.67 Å². The number of aliphatic hydroxyl groups excluding tert-OH is 1. The normalized spacial score (nSPS) is 26.6. The molecule has 0 aliphatic carbocycles. The number of amides is 1. The Labute approximate surface area is 142 Å². The quantitative estimate of drug-likeness (QED) is 0.884. The van der Waals surface area contributed by atoms with Crippen molar-refractivity contribution in [2.24, 2.45) is 5.92 Å². The van der Waals surface area contributed by atoms with Crippen LogP contribution in [0.3, 0.4) is 0 Å². The number of benzene rings is 1. The van der Waals surface area contributed by atoms with E-state index in [1.807, 2.05) is 30.3 Å². The number of hydrogen-bond acceptors (Lipinski definition) is 3. The van der Waals surface area contributed by atoms with E-state index in [0.717, 1.165) is 5.56 Å². The molecule has 2 atom stereocenters. The van der Waals surface area contributed by atoms with Gasteiger partial charge >= 0.3 is 0 Å². The van der Waals surface area contributed by atoms with E-state index in [9.17, 15) is 14.3 Å². The second kappa shape index (κ2) is 7.60. The Hall–Kier alpha value is -1.17. The zero-order valence-corrected chi connectivity index (χ0v) is 13.9. The summed E-state index contributed by atoms with van der Waals surface area (Å²) in [6.45, 7) is 1.74. The van der Waals surface area contributed by atoms with Gasteiger partial charge in [0, 0.05) is 26.1 Å². The molecule has 2 aliphatic rings. The van der Waals surface area contributed by atoms with Gasteiger partial charge in [0.05, 0.1) is 6.10 Å². The molecule has 6 heteroatoms. The lowest BCUT2D eigenvalue weighted by Gasteiger charge is -2.36. The van der Waals surface area contributed by atoms with E-state index in [-0.39, 0.29) is 37.2 Å². The number of nitrogens with zero attached hydrogens (tertiary/aromatic N) is 1. The van der Waals surface area contributed by atoms with Crippen molar-refractivity contribution in [2.45, 2.75) is 31.0 Å². The van der Waals surface area contributed by atoms with Crippen molar-refractivity contribution in [3.63, 3.8) is 0 Å². The Morgan fingerprint density at radius 2 is 1.96 bits per heavy atom. The smallest absolute Gasteiger partial charge is 0.261 e. The molecule has 2 fully saturated rings. The van der Waals surface area contributed by atoms with Crippen molar-refractivity contribution < 1.29 is 14.3 Å². The van der Waals surface area contributed by atoms with Crippen molar-refractivity contribution in [3.8, 4) is 0 Å². The third-order valence-corrected chi connectivity index (χ3v) is 4.90.